The third-order valence-corrected chi connectivity index (χ3v) is 4.15. The van der Waals surface area contributed by atoms with E-state index in [2.05, 4.69) is 25.0 Å². The number of nitrogens with zero attached hydrogens (tertiary/aromatic N) is 5. The minimum Gasteiger partial charge on any atom is -0.393 e. The van der Waals surface area contributed by atoms with Crippen molar-refractivity contribution in [2.45, 2.75) is 18.9 Å². The van der Waals surface area contributed by atoms with Crippen LogP contribution in [0, 0.1) is 0 Å². The largest absolute Gasteiger partial charge is 0.393 e. The number of piperidine rings is 1. The zero-order valence-electron chi connectivity index (χ0n) is 13.0. The van der Waals surface area contributed by atoms with E-state index in [0.717, 1.165) is 42.9 Å². The number of aromatic nitrogens is 4. The van der Waals surface area contributed by atoms with Crippen LogP contribution in [0.25, 0.3) is 22.8 Å². The van der Waals surface area contributed by atoms with Crippen LogP contribution in [0.3, 0.4) is 0 Å². The van der Waals surface area contributed by atoms with Gasteiger partial charge in [-0.2, -0.15) is 4.98 Å². The zero-order chi connectivity index (χ0) is 16.4. The molecule has 0 saturated carbocycles. The van der Waals surface area contributed by atoms with Crippen LogP contribution in [0.5, 0.6) is 0 Å². The van der Waals surface area contributed by atoms with E-state index in [4.69, 9.17) is 4.52 Å². The Morgan fingerprint density at radius 3 is 2.67 bits per heavy atom. The number of rotatable bonds is 3. The summed E-state index contributed by atoms with van der Waals surface area (Å²) >= 11 is 0. The van der Waals surface area contributed by atoms with Gasteiger partial charge in [0.05, 0.1) is 11.7 Å². The molecule has 0 radical (unpaired) electrons. The lowest BCUT2D eigenvalue weighted by atomic mass is 10.1. The van der Waals surface area contributed by atoms with Crippen LogP contribution >= 0.6 is 0 Å². The fourth-order valence-corrected chi connectivity index (χ4v) is 2.84. The van der Waals surface area contributed by atoms with Crippen LogP contribution in [-0.2, 0) is 0 Å². The average molecular weight is 323 g/mol. The maximum absolute atomic E-state index is 9.70. The molecule has 1 aliphatic heterocycles. The van der Waals surface area contributed by atoms with Crippen molar-refractivity contribution < 1.29 is 9.63 Å². The summed E-state index contributed by atoms with van der Waals surface area (Å²) in [5.74, 6) is 1.78. The van der Waals surface area contributed by atoms with E-state index in [0.29, 0.717) is 11.7 Å². The lowest BCUT2D eigenvalue weighted by Crippen LogP contribution is -2.36. The average Bonchev–Trinajstić information content (AvgIpc) is 3.13. The monoisotopic (exact) mass is 323 g/mol. The standard InChI is InChI=1S/C17H17N5O2/c23-13-5-10-22(11-6-13)16-14(2-1-7-19-16)17-20-15(21-24-17)12-3-8-18-9-4-12/h1-4,7-9,13,23H,5-6,10-11H2. The van der Waals surface area contributed by atoms with Gasteiger partial charge in [0.25, 0.3) is 5.89 Å². The van der Waals surface area contributed by atoms with Gasteiger partial charge >= 0.3 is 0 Å². The smallest absolute Gasteiger partial charge is 0.261 e. The van der Waals surface area contributed by atoms with Gasteiger partial charge in [-0.05, 0) is 37.1 Å². The SMILES string of the molecule is OC1CCN(c2ncccc2-c2nc(-c3ccncc3)no2)CC1. The third kappa shape index (κ3) is 2.85. The third-order valence-electron chi connectivity index (χ3n) is 4.15. The van der Waals surface area contributed by atoms with Crippen molar-refractivity contribution in [3.05, 3.63) is 42.9 Å². The summed E-state index contributed by atoms with van der Waals surface area (Å²) in [6.07, 6.45) is 6.39. The lowest BCUT2D eigenvalue weighted by Gasteiger charge is -2.31. The van der Waals surface area contributed by atoms with E-state index in [9.17, 15) is 5.11 Å². The number of hydrogen-bond donors (Lipinski definition) is 1. The summed E-state index contributed by atoms with van der Waals surface area (Å²) in [7, 11) is 0. The van der Waals surface area contributed by atoms with Crippen molar-refractivity contribution in [2.75, 3.05) is 18.0 Å². The molecular formula is C17H17N5O2. The summed E-state index contributed by atoms with van der Waals surface area (Å²) in [5.41, 5.74) is 1.66. The second kappa shape index (κ2) is 6.37. The molecule has 4 heterocycles. The highest BCUT2D eigenvalue weighted by atomic mass is 16.5. The summed E-state index contributed by atoms with van der Waals surface area (Å²) in [6.45, 7) is 1.52. The van der Waals surface area contributed by atoms with E-state index >= 15 is 0 Å². The summed E-state index contributed by atoms with van der Waals surface area (Å²) in [4.78, 5) is 15.1. The molecule has 1 saturated heterocycles. The maximum Gasteiger partial charge on any atom is 0.261 e. The number of anilines is 1. The molecule has 1 fully saturated rings. The Labute approximate surface area is 139 Å². The Kier molecular flexibility index (Phi) is 3.92. The molecule has 4 rings (SSSR count). The molecule has 1 N–H and O–H groups in total. The highest BCUT2D eigenvalue weighted by Gasteiger charge is 2.23. The number of pyridine rings is 2. The molecule has 3 aromatic rings. The maximum atomic E-state index is 9.70. The van der Waals surface area contributed by atoms with Crippen LogP contribution < -0.4 is 4.90 Å². The van der Waals surface area contributed by atoms with Gasteiger partial charge < -0.3 is 14.5 Å². The van der Waals surface area contributed by atoms with E-state index in [1.807, 2.05) is 24.3 Å². The predicted octanol–water partition coefficient (Wildman–Crippen LogP) is 2.15. The van der Waals surface area contributed by atoms with Crippen molar-refractivity contribution >= 4 is 5.82 Å². The molecule has 122 valence electrons. The molecule has 0 unspecified atom stereocenters. The van der Waals surface area contributed by atoms with Gasteiger partial charge in [0, 0.05) is 37.2 Å². The Bertz CT molecular complexity index is 813. The van der Waals surface area contributed by atoms with Gasteiger partial charge in [0.1, 0.15) is 5.82 Å². The van der Waals surface area contributed by atoms with Gasteiger partial charge in [0.2, 0.25) is 5.82 Å². The van der Waals surface area contributed by atoms with Gasteiger partial charge in [-0.15, -0.1) is 0 Å². The highest BCUT2D eigenvalue weighted by Crippen LogP contribution is 2.30. The molecular weight excluding hydrogens is 306 g/mol. The molecule has 3 aromatic heterocycles. The second-order valence-electron chi connectivity index (χ2n) is 5.75. The first-order chi connectivity index (χ1) is 11.8. The molecule has 1 aliphatic rings. The number of aliphatic hydroxyl groups is 1. The quantitative estimate of drug-likeness (QED) is 0.790. The summed E-state index contributed by atoms with van der Waals surface area (Å²) in [5, 5.41) is 13.8. The minimum atomic E-state index is -0.227. The molecule has 7 nitrogen and oxygen atoms in total. The fourth-order valence-electron chi connectivity index (χ4n) is 2.84. The fraction of sp³-hybridized carbons (Fsp3) is 0.294. The molecule has 7 heteroatoms. The Hall–Kier alpha value is -2.80. The Morgan fingerprint density at radius 1 is 1.08 bits per heavy atom. The van der Waals surface area contributed by atoms with Gasteiger partial charge in [-0.25, -0.2) is 4.98 Å². The Balaban J connectivity index is 1.67. The van der Waals surface area contributed by atoms with Crippen molar-refractivity contribution in [2.24, 2.45) is 0 Å². The first-order valence-electron chi connectivity index (χ1n) is 7.94. The van der Waals surface area contributed by atoms with Crippen LogP contribution in [-0.4, -0.2) is 44.4 Å². The lowest BCUT2D eigenvalue weighted by molar-refractivity contribution is 0.145. The van der Waals surface area contributed by atoms with E-state index in [1.54, 1.807) is 18.6 Å². The molecule has 0 aromatic carbocycles. The Morgan fingerprint density at radius 2 is 1.88 bits per heavy atom. The summed E-state index contributed by atoms with van der Waals surface area (Å²) < 4.78 is 5.46. The normalized spacial score (nSPS) is 15.6. The minimum absolute atomic E-state index is 0.227. The van der Waals surface area contributed by atoms with Crippen LogP contribution in [0.2, 0.25) is 0 Å². The van der Waals surface area contributed by atoms with Gasteiger partial charge in [-0.3, -0.25) is 4.98 Å². The second-order valence-corrected chi connectivity index (χ2v) is 5.75. The van der Waals surface area contributed by atoms with Crippen molar-refractivity contribution in [3.8, 4) is 22.8 Å². The van der Waals surface area contributed by atoms with Crippen molar-refractivity contribution in [3.63, 3.8) is 0 Å². The van der Waals surface area contributed by atoms with Gasteiger partial charge in [-0.1, -0.05) is 5.16 Å². The molecule has 0 aliphatic carbocycles. The van der Waals surface area contributed by atoms with E-state index in [1.165, 1.54) is 0 Å². The van der Waals surface area contributed by atoms with Crippen molar-refractivity contribution in [1.82, 2.24) is 20.1 Å². The predicted molar refractivity (Wildman–Crippen MR) is 88.2 cm³/mol. The van der Waals surface area contributed by atoms with Crippen LogP contribution in [0.4, 0.5) is 5.82 Å². The molecule has 24 heavy (non-hydrogen) atoms. The van der Waals surface area contributed by atoms with E-state index in [-0.39, 0.29) is 6.10 Å². The molecule has 0 bridgehead atoms. The van der Waals surface area contributed by atoms with E-state index < -0.39 is 0 Å². The summed E-state index contributed by atoms with van der Waals surface area (Å²) in [6, 6.07) is 7.46. The first-order valence-corrected chi connectivity index (χ1v) is 7.94. The molecule has 0 spiro atoms. The first kappa shape index (κ1) is 14.8. The van der Waals surface area contributed by atoms with Crippen LogP contribution in [0.1, 0.15) is 12.8 Å². The van der Waals surface area contributed by atoms with Crippen LogP contribution in [0.15, 0.2) is 47.4 Å². The van der Waals surface area contributed by atoms with Gasteiger partial charge in [0.15, 0.2) is 0 Å². The molecule has 0 atom stereocenters. The highest BCUT2D eigenvalue weighted by molar-refractivity contribution is 5.71. The zero-order valence-corrected chi connectivity index (χ0v) is 13.0. The number of aliphatic hydroxyl groups excluding tert-OH is 1. The van der Waals surface area contributed by atoms with Crippen molar-refractivity contribution in [1.29, 1.82) is 0 Å². The molecule has 0 amide bonds. The topological polar surface area (TPSA) is 88.2 Å². The number of hydrogen-bond acceptors (Lipinski definition) is 7.